The van der Waals surface area contributed by atoms with Crippen LogP contribution in [0.2, 0.25) is 0 Å². The Balaban J connectivity index is 1.51. The molecule has 2 fully saturated rings. The molecule has 7 nitrogen and oxygen atoms in total. The number of nitrogens with zero attached hydrogens (tertiary/aromatic N) is 4. The zero-order chi connectivity index (χ0) is 25.0. The highest BCUT2D eigenvalue weighted by molar-refractivity contribution is 5.64. The van der Waals surface area contributed by atoms with Gasteiger partial charge >= 0.3 is 6.09 Å². The van der Waals surface area contributed by atoms with Gasteiger partial charge in [-0.05, 0) is 74.4 Å². The van der Waals surface area contributed by atoms with Crippen LogP contribution in [-0.2, 0) is 23.2 Å². The monoisotopic (exact) mass is 491 g/mol. The molecule has 5 rings (SSSR count). The summed E-state index contributed by atoms with van der Waals surface area (Å²) in [6.07, 6.45) is 6.96. The Morgan fingerprint density at radius 1 is 1.08 bits per heavy atom. The minimum absolute atomic E-state index is 0.00155. The van der Waals surface area contributed by atoms with Crippen LogP contribution in [0, 0.1) is 17.7 Å². The minimum Gasteiger partial charge on any atom is -0.446 e. The number of halogens is 1. The Morgan fingerprint density at radius 3 is 2.58 bits per heavy atom. The summed E-state index contributed by atoms with van der Waals surface area (Å²) in [5.74, 6) is -0.0124. The van der Waals surface area contributed by atoms with Crippen LogP contribution < -0.4 is 5.73 Å². The van der Waals surface area contributed by atoms with E-state index in [0.29, 0.717) is 6.54 Å². The smallest absolute Gasteiger partial charge is 0.404 e. The van der Waals surface area contributed by atoms with E-state index in [9.17, 15) is 9.18 Å². The summed E-state index contributed by atoms with van der Waals surface area (Å²) in [6.45, 7) is 3.35. The number of piperidine rings is 1. The fraction of sp³-hybridized carbons (Fsp3) is 0.464. The lowest BCUT2D eigenvalue weighted by Gasteiger charge is -2.50. The first-order valence-corrected chi connectivity index (χ1v) is 12.9. The Bertz CT molecular complexity index is 1130. The molecule has 3 atom stereocenters. The largest absolute Gasteiger partial charge is 0.446 e. The van der Waals surface area contributed by atoms with Gasteiger partial charge in [0.1, 0.15) is 11.9 Å². The first-order chi connectivity index (χ1) is 17.5. The molecule has 1 aliphatic heterocycles. The third-order valence-corrected chi connectivity index (χ3v) is 8.20. The lowest BCUT2D eigenvalue weighted by atomic mass is 9.58. The zero-order valence-corrected chi connectivity index (χ0v) is 20.5. The van der Waals surface area contributed by atoms with Crippen molar-refractivity contribution in [3.63, 3.8) is 0 Å². The van der Waals surface area contributed by atoms with Gasteiger partial charge in [-0.15, -0.1) is 5.10 Å². The third kappa shape index (κ3) is 5.14. The lowest BCUT2D eigenvalue weighted by molar-refractivity contribution is 0.00329. The fourth-order valence-corrected chi connectivity index (χ4v) is 6.71. The summed E-state index contributed by atoms with van der Waals surface area (Å²) in [5, 5.41) is 8.34. The number of amides is 1. The molecule has 0 radical (unpaired) electrons. The highest BCUT2D eigenvalue weighted by Crippen LogP contribution is 2.52. The molecule has 3 aromatic rings. The van der Waals surface area contributed by atoms with Gasteiger partial charge in [0, 0.05) is 24.1 Å². The van der Waals surface area contributed by atoms with Crippen molar-refractivity contribution in [1.29, 1.82) is 0 Å². The summed E-state index contributed by atoms with van der Waals surface area (Å²) < 4.78 is 22.2. The van der Waals surface area contributed by atoms with E-state index in [-0.39, 0.29) is 23.8 Å². The van der Waals surface area contributed by atoms with Gasteiger partial charge in [-0.25, -0.2) is 9.18 Å². The minimum atomic E-state index is -0.751. The number of primary amides is 1. The highest BCUT2D eigenvalue weighted by Gasteiger charge is 2.53. The van der Waals surface area contributed by atoms with Crippen molar-refractivity contribution >= 4 is 6.09 Å². The molecule has 1 aromatic heterocycles. The number of carbonyl (C=O) groups is 1. The SMILES string of the molecule is NC(=O)O[C@H]1CCC[C@@H]1[C@](Cn1ccnn1)(c1cccc(F)c1)C1CCN(Cc2ccccc2)CC1. The van der Waals surface area contributed by atoms with Crippen LogP contribution in [0.25, 0.3) is 0 Å². The molecule has 2 aliphatic rings. The molecule has 1 amide bonds. The number of rotatable bonds is 8. The van der Waals surface area contributed by atoms with Crippen molar-refractivity contribution in [1.82, 2.24) is 19.9 Å². The van der Waals surface area contributed by atoms with E-state index in [0.717, 1.165) is 57.3 Å². The molecule has 8 heteroatoms. The predicted octanol–water partition coefficient (Wildman–Crippen LogP) is 4.53. The Morgan fingerprint density at radius 2 is 1.89 bits per heavy atom. The second-order valence-corrected chi connectivity index (χ2v) is 10.2. The molecule has 2 N–H and O–H groups in total. The maximum absolute atomic E-state index is 14.7. The number of nitrogens with two attached hydrogens (primary N) is 1. The number of hydrogen-bond donors (Lipinski definition) is 1. The molecule has 2 aromatic carbocycles. The van der Waals surface area contributed by atoms with Crippen LogP contribution in [0.15, 0.2) is 67.0 Å². The van der Waals surface area contributed by atoms with Crippen molar-refractivity contribution in [2.45, 2.75) is 56.7 Å². The molecule has 1 saturated carbocycles. The maximum atomic E-state index is 14.7. The van der Waals surface area contributed by atoms with Crippen LogP contribution in [0.3, 0.4) is 0 Å². The van der Waals surface area contributed by atoms with Gasteiger partial charge < -0.3 is 10.5 Å². The normalized spacial score (nSPS) is 22.8. The third-order valence-electron chi connectivity index (χ3n) is 8.20. The van der Waals surface area contributed by atoms with E-state index in [1.165, 1.54) is 11.6 Å². The van der Waals surface area contributed by atoms with Gasteiger partial charge in [0.15, 0.2) is 0 Å². The van der Waals surface area contributed by atoms with Gasteiger partial charge in [0.25, 0.3) is 0 Å². The first-order valence-electron chi connectivity index (χ1n) is 12.9. The van der Waals surface area contributed by atoms with Crippen LogP contribution in [0.1, 0.15) is 43.2 Å². The average molecular weight is 492 g/mol. The van der Waals surface area contributed by atoms with E-state index >= 15 is 0 Å². The number of hydrogen-bond acceptors (Lipinski definition) is 5. The van der Waals surface area contributed by atoms with Gasteiger partial charge in [-0.3, -0.25) is 9.58 Å². The van der Waals surface area contributed by atoms with Gasteiger partial charge in [0.2, 0.25) is 0 Å². The van der Waals surface area contributed by atoms with E-state index in [4.69, 9.17) is 10.5 Å². The van der Waals surface area contributed by atoms with Crippen molar-refractivity contribution in [2.24, 2.45) is 17.6 Å². The molecule has 1 aliphatic carbocycles. The van der Waals surface area contributed by atoms with Gasteiger partial charge in [-0.2, -0.15) is 0 Å². The lowest BCUT2D eigenvalue weighted by Crippen LogP contribution is -2.52. The van der Waals surface area contributed by atoms with Crippen molar-refractivity contribution in [3.8, 4) is 0 Å². The van der Waals surface area contributed by atoms with Crippen LogP contribution in [0.4, 0.5) is 9.18 Å². The van der Waals surface area contributed by atoms with E-state index in [1.54, 1.807) is 18.3 Å². The number of ether oxygens (including phenoxy) is 1. The molecular weight excluding hydrogens is 457 g/mol. The summed E-state index contributed by atoms with van der Waals surface area (Å²) in [7, 11) is 0. The maximum Gasteiger partial charge on any atom is 0.404 e. The van der Waals surface area contributed by atoms with Crippen LogP contribution in [-0.4, -0.2) is 45.2 Å². The van der Waals surface area contributed by atoms with E-state index in [2.05, 4.69) is 39.5 Å². The second-order valence-electron chi connectivity index (χ2n) is 10.2. The standard InChI is InChI=1S/C28H34FN5O2/c29-24-9-4-8-23(18-24)28(20-34-17-14-31-32-34,25-10-5-11-26(25)36-27(30)35)22-12-15-33(16-13-22)19-21-6-2-1-3-7-21/h1-4,6-9,14,17-18,22,25-26H,5,10-13,15-16,19-20H2,(H2,30,35)/t25-,26-,28-/m0/s1. The topological polar surface area (TPSA) is 86.3 Å². The molecular formula is C28H34FN5O2. The van der Waals surface area contributed by atoms with Crippen molar-refractivity contribution in [2.75, 3.05) is 13.1 Å². The number of likely N-dealkylation sites (tertiary alicyclic amines) is 1. The molecule has 2 heterocycles. The molecule has 190 valence electrons. The van der Waals surface area contributed by atoms with Gasteiger partial charge in [0.05, 0.1) is 12.7 Å². The Labute approximate surface area is 211 Å². The van der Waals surface area contributed by atoms with E-state index in [1.807, 2.05) is 23.0 Å². The summed E-state index contributed by atoms with van der Waals surface area (Å²) in [6, 6.07) is 17.5. The van der Waals surface area contributed by atoms with E-state index < -0.39 is 11.5 Å². The van der Waals surface area contributed by atoms with Crippen molar-refractivity contribution in [3.05, 3.63) is 83.9 Å². The summed E-state index contributed by atoms with van der Waals surface area (Å²) >= 11 is 0. The molecule has 36 heavy (non-hydrogen) atoms. The highest BCUT2D eigenvalue weighted by atomic mass is 19.1. The van der Waals surface area contributed by atoms with Crippen molar-refractivity contribution < 1.29 is 13.9 Å². The summed E-state index contributed by atoms with van der Waals surface area (Å²) in [4.78, 5) is 14.3. The Kier molecular flexibility index (Phi) is 7.32. The molecule has 0 unspecified atom stereocenters. The summed E-state index contributed by atoms with van der Waals surface area (Å²) in [5.41, 5.74) is 7.25. The molecule has 0 spiro atoms. The van der Waals surface area contributed by atoms with Gasteiger partial charge in [-0.1, -0.05) is 47.7 Å². The molecule has 1 saturated heterocycles. The predicted molar refractivity (Wildman–Crippen MR) is 134 cm³/mol. The number of aromatic nitrogens is 3. The first kappa shape index (κ1) is 24.4. The average Bonchev–Trinajstić information content (AvgIpc) is 3.56. The fourth-order valence-electron chi connectivity index (χ4n) is 6.71. The second kappa shape index (κ2) is 10.8. The number of carbonyl (C=O) groups excluding carboxylic acids is 1. The Hall–Kier alpha value is -3.26. The molecule has 0 bridgehead atoms. The quantitative estimate of drug-likeness (QED) is 0.500. The number of benzene rings is 2. The van der Waals surface area contributed by atoms with Crippen LogP contribution >= 0.6 is 0 Å². The zero-order valence-electron chi connectivity index (χ0n) is 20.5. The van der Waals surface area contributed by atoms with Crippen LogP contribution in [0.5, 0.6) is 0 Å².